The van der Waals surface area contributed by atoms with E-state index in [-0.39, 0.29) is 12.5 Å². The van der Waals surface area contributed by atoms with E-state index in [1.807, 2.05) is 0 Å². The van der Waals surface area contributed by atoms with Gasteiger partial charge in [-0.3, -0.25) is 4.79 Å². The van der Waals surface area contributed by atoms with E-state index in [0.29, 0.717) is 6.42 Å². The number of rotatable bonds is 6. The van der Waals surface area contributed by atoms with Crippen molar-refractivity contribution in [3.05, 3.63) is 0 Å². The van der Waals surface area contributed by atoms with Crippen molar-refractivity contribution in [2.24, 2.45) is 0 Å². The number of nitrogens with zero attached hydrogens (tertiary/aromatic N) is 1. The lowest BCUT2D eigenvalue weighted by molar-refractivity contribution is -0.128. The van der Waals surface area contributed by atoms with Gasteiger partial charge in [0.1, 0.15) is 0 Å². The molecule has 0 unspecified atom stereocenters. The molecule has 0 bridgehead atoms. The summed E-state index contributed by atoms with van der Waals surface area (Å²) in [5, 5.41) is 8.47. The van der Waals surface area contributed by atoms with E-state index in [0.717, 1.165) is 17.9 Å². The lowest BCUT2D eigenvalue weighted by atomic mass is 10.3. The molecule has 12 heavy (non-hydrogen) atoms. The highest BCUT2D eigenvalue weighted by Gasteiger charge is 2.01. The molecule has 3 nitrogen and oxygen atoms in total. The molecule has 0 aromatic carbocycles. The van der Waals surface area contributed by atoms with Crippen LogP contribution in [0.5, 0.6) is 0 Å². The number of amides is 1. The second-order valence-electron chi connectivity index (χ2n) is 2.73. The topological polar surface area (TPSA) is 40.5 Å². The number of aliphatic hydroxyl groups excluding tert-OH is 1. The fourth-order valence-electron chi connectivity index (χ4n) is 0.716. The largest absolute Gasteiger partial charge is 0.396 e. The first kappa shape index (κ1) is 11.8. The summed E-state index contributed by atoms with van der Waals surface area (Å²) in [7, 11) is 3.53. The van der Waals surface area contributed by atoms with Crippen molar-refractivity contribution in [2.45, 2.75) is 12.8 Å². The van der Waals surface area contributed by atoms with E-state index in [4.69, 9.17) is 5.11 Å². The molecule has 0 aromatic rings. The van der Waals surface area contributed by atoms with Gasteiger partial charge in [-0.25, -0.2) is 0 Å². The van der Waals surface area contributed by atoms with E-state index >= 15 is 0 Å². The minimum absolute atomic E-state index is 0.180. The highest BCUT2D eigenvalue weighted by atomic mass is 32.2. The van der Waals surface area contributed by atoms with Gasteiger partial charge in [0.2, 0.25) is 5.91 Å². The van der Waals surface area contributed by atoms with Crippen LogP contribution in [0, 0.1) is 0 Å². The van der Waals surface area contributed by atoms with Crippen molar-refractivity contribution >= 4 is 17.7 Å². The second-order valence-corrected chi connectivity index (χ2v) is 3.95. The molecule has 0 saturated heterocycles. The van der Waals surface area contributed by atoms with Gasteiger partial charge in [-0.2, -0.15) is 11.8 Å². The highest BCUT2D eigenvalue weighted by Crippen LogP contribution is 2.04. The maximum absolute atomic E-state index is 11.0. The third-order valence-electron chi connectivity index (χ3n) is 1.41. The zero-order chi connectivity index (χ0) is 9.40. The first-order valence-electron chi connectivity index (χ1n) is 4.07. The predicted octanol–water partition coefficient (Wildman–Crippen LogP) is 0.580. The van der Waals surface area contributed by atoms with Crippen LogP contribution >= 0.6 is 11.8 Å². The molecule has 72 valence electrons. The molecule has 4 heteroatoms. The lowest BCUT2D eigenvalue weighted by Gasteiger charge is -2.09. The van der Waals surface area contributed by atoms with Crippen molar-refractivity contribution < 1.29 is 9.90 Å². The average Bonchev–Trinajstić information content (AvgIpc) is 2.03. The van der Waals surface area contributed by atoms with Gasteiger partial charge in [-0.05, 0) is 12.2 Å². The minimum atomic E-state index is 0.180. The van der Waals surface area contributed by atoms with E-state index < -0.39 is 0 Å². The quantitative estimate of drug-likeness (QED) is 0.624. The third-order valence-corrected chi connectivity index (χ3v) is 2.46. The zero-order valence-corrected chi connectivity index (χ0v) is 8.56. The van der Waals surface area contributed by atoms with E-state index in [9.17, 15) is 4.79 Å². The van der Waals surface area contributed by atoms with Gasteiger partial charge in [0, 0.05) is 26.3 Å². The molecule has 0 aromatic heterocycles. The summed E-state index contributed by atoms with van der Waals surface area (Å²) >= 11 is 1.69. The van der Waals surface area contributed by atoms with Gasteiger partial charge < -0.3 is 10.0 Å². The molecule has 0 atom stereocenters. The number of carbonyl (C=O) groups is 1. The summed E-state index contributed by atoms with van der Waals surface area (Å²) in [6, 6.07) is 0. The lowest BCUT2D eigenvalue weighted by Crippen LogP contribution is -2.21. The molecule has 1 N–H and O–H groups in total. The fourth-order valence-corrected chi connectivity index (χ4v) is 1.40. The molecule has 0 saturated carbocycles. The average molecular weight is 191 g/mol. The zero-order valence-electron chi connectivity index (χ0n) is 7.75. The summed E-state index contributed by atoms with van der Waals surface area (Å²) in [6.07, 6.45) is 1.52. The normalized spacial score (nSPS) is 9.92. The number of hydrogen-bond acceptors (Lipinski definition) is 3. The van der Waals surface area contributed by atoms with Crippen molar-refractivity contribution in [1.82, 2.24) is 4.90 Å². The summed E-state index contributed by atoms with van der Waals surface area (Å²) in [6.45, 7) is 0.228. The Kier molecular flexibility index (Phi) is 7.29. The Morgan fingerprint density at radius 2 is 2.08 bits per heavy atom. The number of thioether (sulfide) groups is 1. The first-order chi connectivity index (χ1) is 5.68. The SMILES string of the molecule is CN(C)C(=O)CCCSCCO. The monoisotopic (exact) mass is 191 g/mol. The Labute approximate surface area is 78.1 Å². The van der Waals surface area contributed by atoms with Crippen LogP contribution in [-0.4, -0.2) is 48.1 Å². The highest BCUT2D eigenvalue weighted by molar-refractivity contribution is 7.99. The Bertz CT molecular complexity index is 128. The molecule has 0 aliphatic heterocycles. The Morgan fingerprint density at radius 3 is 2.58 bits per heavy atom. The van der Waals surface area contributed by atoms with Crippen LogP contribution in [0.4, 0.5) is 0 Å². The van der Waals surface area contributed by atoms with E-state index in [2.05, 4.69) is 0 Å². The molecular weight excluding hydrogens is 174 g/mol. The van der Waals surface area contributed by atoms with Crippen LogP contribution in [0.3, 0.4) is 0 Å². The van der Waals surface area contributed by atoms with Crippen LogP contribution < -0.4 is 0 Å². The van der Waals surface area contributed by atoms with Crippen LogP contribution in [-0.2, 0) is 4.79 Å². The first-order valence-corrected chi connectivity index (χ1v) is 5.22. The summed E-state index contributed by atoms with van der Waals surface area (Å²) in [5.74, 6) is 1.91. The van der Waals surface area contributed by atoms with Crippen LogP contribution in [0.1, 0.15) is 12.8 Å². The molecule has 0 fully saturated rings. The molecule has 0 heterocycles. The molecule has 0 aliphatic rings. The van der Waals surface area contributed by atoms with Crippen LogP contribution in [0.25, 0.3) is 0 Å². The van der Waals surface area contributed by atoms with Crippen LogP contribution in [0.15, 0.2) is 0 Å². The maximum Gasteiger partial charge on any atom is 0.222 e. The van der Waals surface area contributed by atoms with E-state index in [1.165, 1.54) is 0 Å². The fraction of sp³-hybridized carbons (Fsp3) is 0.875. The standard InChI is InChI=1S/C8H17NO2S/c1-9(2)8(11)4-3-6-12-7-5-10/h10H,3-7H2,1-2H3. The molecule has 0 aliphatic carbocycles. The van der Waals surface area contributed by atoms with E-state index in [1.54, 1.807) is 30.8 Å². The summed E-state index contributed by atoms with van der Waals surface area (Å²) in [5.41, 5.74) is 0. The third kappa shape index (κ3) is 6.49. The second kappa shape index (κ2) is 7.43. The molecule has 0 radical (unpaired) electrons. The van der Waals surface area contributed by atoms with Gasteiger partial charge in [-0.1, -0.05) is 0 Å². The van der Waals surface area contributed by atoms with Crippen molar-refractivity contribution in [1.29, 1.82) is 0 Å². The molecule has 0 rings (SSSR count). The Morgan fingerprint density at radius 1 is 1.42 bits per heavy atom. The van der Waals surface area contributed by atoms with Gasteiger partial charge >= 0.3 is 0 Å². The molecular formula is C8H17NO2S. The van der Waals surface area contributed by atoms with Crippen molar-refractivity contribution in [3.8, 4) is 0 Å². The summed E-state index contributed by atoms with van der Waals surface area (Å²) < 4.78 is 0. The number of carbonyl (C=O) groups excluding carboxylic acids is 1. The number of hydrogen-bond donors (Lipinski definition) is 1. The van der Waals surface area contributed by atoms with Crippen LogP contribution in [0.2, 0.25) is 0 Å². The van der Waals surface area contributed by atoms with Crippen molar-refractivity contribution in [3.63, 3.8) is 0 Å². The van der Waals surface area contributed by atoms with Gasteiger partial charge in [0.05, 0.1) is 6.61 Å². The smallest absolute Gasteiger partial charge is 0.222 e. The summed E-state index contributed by atoms with van der Waals surface area (Å²) in [4.78, 5) is 12.7. The van der Waals surface area contributed by atoms with Gasteiger partial charge in [0.25, 0.3) is 0 Å². The van der Waals surface area contributed by atoms with Gasteiger partial charge in [0.15, 0.2) is 0 Å². The molecule has 0 spiro atoms. The number of aliphatic hydroxyl groups is 1. The molecule has 1 amide bonds. The minimum Gasteiger partial charge on any atom is -0.396 e. The van der Waals surface area contributed by atoms with Crippen molar-refractivity contribution in [2.75, 3.05) is 32.2 Å². The Hall–Kier alpha value is -0.220. The van der Waals surface area contributed by atoms with Gasteiger partial charge in [-0.15, -0.1) is 0 Å². The maximum atomic E-state index is 11.0. The Balaban J connectivity index is 3.14. The predicted molar refractivity (Wildman–Crippen MR) is 52.3 cm³/mol.